The van der Waals surface area contributed by atoms with E-state index in [1.54, 1.807) is 12.1 Å². The second kappa shape index (κ2) is 11.0. The summed E-state index contributed by atoms with van der Waals surface area (Å²) in [5.74, 6) is 0. The van der Waals surface area contributed by atoms with Gasteiger partial charge in [-0.3, -0.25) is 0 Å². The Hall–Kier alpha value is -1.70. The minimum Gasteiger partial charge on any atom is -0.744 e. The maximum absolute atomic E-state index is 11.2. The van der Waals surface area contributed by atoms with Crippen LogP contribution in [0.15, 0.2) is 94.7 Å². The molecule has 0 amide bonds. The van der Waals surface area contributed by atoms with Crippen molar-refractivity contribution in [2.45, 2.75) is 9.79 Å². The van der Waals surface area contributed by atoms with Crippen LogP contribution in [0.25, 0.3) is 44.3 Å². The van der Waals surface area contributed by atoms with Gasteiger partial charge in [0.1, 0.15) is 20.2 Å². The fraction of sp³-hybridized carbons (Fsp3) is 0. The average Bonchev–Trinajstić information content (AvgIpc) is 2.82. The number of fused-ring (bicyclic) bond motifs is 3. The molecule has 3 aromatic carbocycles. The van der Waals surface area contributed by atoms with Crippen LogP contribution in [0, 0.1) is 0 Å². The largest absolute Gasteiger partial charge is 1.00 e. The molecule has 0 aliphatic rings. The predicted molar refractivity (Wildman–Crippen MR) is 124 cm³/mol. The quantitative estimate of drug-likeness (QED) is 0.145. The van der Waals surface area contributed by atoms with Crippen molar-refractivity contribution in [2.24, 2.45) is 0 Å². The van der Waals surface area contributed by atoms with Gasteiger partial charge in [-0.25, -0.2) is 26.8 Å². The number of hydrogen-bond acceptors (Lipinski definition) is 8. The second-order valence-corrected chi connectivity index (χ2v) is 10.3. The Kier molecular flexibility index (Phi) is 8.79. The molecule has 5 rings (SSSR count). The number of rotatable bonds is 4. The molecule has 0 atom stereocenters. The Bertz CT molecular complexity index is 1660. The second-order valence-electron chi connectivity index (χ2n) is 7.56. The summed E-state index contributed by atoms with van der Waals surface area (Å²) in [6.45, 7) is 0. The van der Waals surface area contributed by atoms with Gasteiger partial charge in [0.05, 0.1) is 32.2 Å². The van der Waals surface area contributed by atoms with E-state index in [2.05, 4.69) is 0 Å². The third kappa shape index (κ3) is 5.89. The van der Waals surface area contributed by atoms with E-state index in [4.69, 9.17) is 9.97 Å². The molecule has 5 aromatic rings. The number of pyridine rings is 2. The van der Waals surface area contributed by atoms with Crippen LogP contribution in [-0.4, -0.2) is 35.9 Å². The summed E-state index contributed by atoms with van der Waals surface area (Å²) in [4.78, 5) is 8.84. The summed E-state index contributed by atoms with van der Waals surface area (Å²) in [7, 11) is -9.08. The van der Waals surface area contributed by atoms with Crippen LogP contribution < -0.4 is 59.1 Å². The fourth-order valence-electron chi connectivity index (χ4n) is 3.67. The summed E-state index contributed by atoms with van der Waals surface area (Å²) < 4.78 is 67.2. The maximum atomic E-state index is 11.2. The maximum Gasteiger partial charge on any atom is 1.00 e. The number of nitrogens with zero attached hydrogens (tertiary/aromatic N) is 2. The summed E-state index contributed by atoms with van der Waals surface area (Å²) in [5, 5.41) is 1.68. The number of benzene rings is 3. The first-order chi connectivity index (χ1) is 16.1. The Morgan fingerprint density at radius 2 is 0.778 bits per heavy atom. The SMILES string of the molecule is O=S(=O)([O-])c1ccc(-c2ccc3ccc4ccc(-c5ccc(S(=O)(=O)[O-])cc5)nc4c3n2)cc1.[Na+].[Na+]. The van der Waals surface area contributed by atoms with Crippen molar-refractivity contribution in [3.8, 4) is 22.5 Å². The van der Waals surface area contributed by atoms with Crippen LogP contribution >= 0.6 is 0 Å². The van der Waals surface area contributed by atoms with Crippen molar-refractivity contribution in [2.75, 3.05) is 0 Å². The molecule has 0 fully saturated rings. The van der Waals surface area contributed by atoms with Gasteiger partial charge in [0.15, 0.2) is 0 Å². The van der Waals surface area contributed by atoms with Gasteiger partial charge in [0.25, 0.3) is 0 Å². The van der Waals surface area contributed by atoms with Crippen molar-refractivity contribution in [3.63, 3.8) is 0 Å². The summed E-state index contributed by atoms with van der Waals surface area (Å²) >= 11 is 0. The molecule has 12 heteroatoms. The van der Waals surface area contributed by atoms with Crippen molar-refractivity contribution < 1.29 is 85.1 Å². The first kappa shape index (κ1) is 28.9. The van der Waals surface area contributed by atoms with E-state index < -0.39 is 20.2 Å². The van der Waals surface area contributed by atoms with Gasteiger partial charge >= 0.3 is 59.1 Å². The van der Waals surface area contributed by atoms with Gasteiger partial charge in [-0.15, -0.1) is 0 Å². The smallest absolute Gasteiger partial charge is 0.744 e. The fourth-order valence-corrected chi connectivity index (χ4v) is 4.61. The summed E-state index contributed by atoms with van der Waals surface area (Å²) in [6, 6.07) is 22.2. The van der Waals surface area contributed by atoms with Crippen LogP contribution in [0.1, 0.15) is 0 Å². The summed E-state index contributed by atoms with van der Waals surface area (Å²) in [6.07, 6.45) is 0. The Balaban J connectivity index is 0.00000180. The number of hydrogen-bond donors (Lipinski definition) is 0. The topological polar surface area (TPSA) is 140 Å². The predicted octanol–water partition coefficient (Wildman–Crippen LogP) is -2.07. The monoisotopic (exact) mass is 536 g/mol. The molecule has 36 heavy (non-hydrogen) atoms. The first-order valence-corrected chi connectivity index (χ1v) is 12.7. The minimum atomic E-state index is -4.54. The molecular formula is C24H14N2Na2O6S2. The molecule has 0 unspecified atom stereocenters. The molecule has 0 bridgehead atoms. The van der Waals surface area contributed by atoms with Crippen LogP contribution in [0.2, 0.25) is 0 Å². The summed E-state index contributed by atoms with van der Waals surface area (Å²) in [5.41, 5.74) is 3.67. The minimum absolute atomic E-state index is 0. The van der Waals surface area contributed by atoms with E-state index in [1.807, 2.05) is 24.3 Å². The van der Waals surface area contributed by atoms with Crippen molar-refractivity contribution >= 4 is 42.0 Å². The van der Waals surface area contributed by atoms with Gasteiger partial charge in [-0.05, 0) is 36.4 Å². The normalized spacial score (nSPS) is 11.6. The molecule has 0 saturated heterocycles. The van der Waals surface area contributed by atoms with Gasteiger partial charge in [0, 0.05) is 21.9 Å². The van der Waals surface area contributed by atoms with E-state index in [-0.39, 0.29) is 68.9 Å². The zero-order valence-electron chi connectivity index (χ0n) is 19.2. The van der Waals surface area contributed by atoms with Gasteiger partial charge < -0.3 is 9.11 Å². The molecule has 0 aliphatic heterocycles. The van der Waals surface area contributed by atoms with E-state index in [0.717, 1.165) is 10.8 Å². The third-order valence-corrected chi connectivity index (χ3v) is 7.10. The zero-order chi connectivity index (χ0) is 24.1. The molecule has 0 N–H and O–H groups in total. The molecule has 0 spiro atoms. The Morgan fingerprint density at radius 3 is 1.08 bits per heavy atom. The van der Waals surface area contributed by atoms with E-state index in [0.29, 0.717) is 33.5 Å². The van der Waals surface area contributed by atoms with Crippen LogP contribution in [0.5, 0.6) is 0 Å². The molecule has 0 radical (unpaired) electrons. The van der Waals surface area contributed by atoms with Crippen molar-refractivity contribution in [1.29, 1.82) is 0 Å². The van der Waals surface area contributed by atoms with E-state index in [1.165, 1.54) is 48.5 Å². The zero-order valence-corrected chi connectivity index (χ0v) is 24.9. The molecule has 2 aromatic heterocycles. The first-order valence-electron chi connectivity index (χ1n) is 9.93. The van der Waals surface area contributed by atoms with Crippen LogP contribution in [0.3, 0.4) is 0 Å². The molecule has 0 aliphatic carbocycles. The number of aromatic nitrogens is 2. The van der Waals surface area contributed by atoms with Crippen LogP contribution in [0.4, 0.5) is 0 Å². The molecule has 0 saturated carbocycles. The third-order valence-electron chi connectivity index (χ3n) is 5.40. The van der Waals surface area contributed by atoms with Gasteiger partial charge in [-0.2, -0.15) is 0 Å². The van der Waals surface area contributed by atoms with Crippen molar-refractivity contribution in [3.05, 3.63) is 84.9 Å². The van der Waals surface area contributed by atoms with E-state index in [9.17, 15) is 25.9 Å². The average molecular weight is 536 g/mol. The van der Waals surface area contributed by atoms with Gasteiger partial charge in [-0.1, -0.05) is 48.5 Å². The van der Waals surface area contributed by atoms with Gasteiger partial charge in [0.2, 0.25) is 0 Å². The van der Waals surface area contributed by atoms with Crippen molar-refractivity contribution in [1.82, 2.24) is 9.97 Å². The van der Waals surface area contributed by atoms with E-state index >= 15 is 0 Å². The standard InChI is InChI=1S/C24H16N2O6S2.2Na/c27-33(28,29)19-9-3-15(4-10-19)21-13-7-17-1-2-18-8-14-22(26-24(18)23(17)25-21)16-5-11-20(12-6-16)34(30,31)32;;/h1-14H,(H,27,28,29)(H,30,31,32);;/q;2*+1/p-2. The van der Waals surface area contributed by atoms with Crippen LogP contribution in [-0.2, 0) is 20.2 Å². The Morgan fingerprint density at radius 1 is 0.472 bits per heavy atom. The molecule has 2 heterocycles. The molecule has 170 valence electrons. The molecule has 8 nitrogen and oxygen atoms in total. The Labute approximate surface area is 251 Å². The molecular weight excluding hydrogens is 522 g/mol.